The van der Waals surface area contributed by atoms with Gasteiger partial charge in [-0.3, -0.25) is 14.3 Å². The largest absolute Gasteiger partial charge is 0.497 e. The standard InChI is InChI=1S/C21H26F2N4O3/c1-14-10-18(21(22)23)25-27(14)13-19(28)24-16-6-7-20(29)26(9-8-16)12-15-4-3-5-17(11-15)30-2/h3-5,10-11,16,21H,6-9,12-13H2,1-2H3,(H,24,28). The van der Waals surface area contributed by atoms with Crippen molar-refractivity contribution in [1.82, 2.24) is 20.0 Å². The van der Waals surface area contributed by atoms with Gasteiger partial charge in [-0.2, -0.15) is 5.10 Å². The number of aromatic nitrogens is 2. The van der Waals surface area contributed by atoms with Gasteiger partial charge in [0.15, 0.2) is 0 Å². The molecular formula is C21H26F2N4O3. The minimum Gasteiger partial charge on any atom is -0.497 e. The van der Waals surface area contributed by atoms with Crippen LogP contribution in [-0.4, -0.2) is 46.2 Å². The molecule has 1 saturated heterocycles. The molecule has 1 aliphatic heterocycles. The second-order valence-electron chi connectivity index (χ2n) is 7.43. The van der Waals surface area contributed by atoms with E-state index < -0.39 is 6.43 Å². The molecule has 3 rings (SSSR count). The molecule has 0 bridgehead atoms. The van der Waals surface area contributed by atoms with Gasteiger partial charge in [0, 0.05) is 31.2 Å². The molecule has 1 aromatic heterocycles. The third kappa shape index (κ3) is 5.55. The average molecular weight is 420 g/mol. The topological polar surface area (TPSA) is 76.5 Å². The molecule has 30 heavy (non-hydrogen) atoms. The predicted octanol–water partition coefficient (Wildman–Crippen LogP) is 2.84. The third-order valence-corrected chi connectivity index (χ3v) is 5.20. The third-order valence-electron chi connectivity index (χ3n) is 5.20. The molecular weight excluding hydrogens is 394 g/mol. The molecule has 1 unspecified atom stereocenters. The maximum Gasteiger partial charge on any atom is 0.282 e. The zero-order chi connectivity index (χ0) is 21.7. The minimum absolute atomic E-state index is 0.0408. The van der Waals surface area contributed by atoms with Gasteiger partial charge in [-0.05, 0) is 43.5 Å². The van der Waals surface area contributed by atoms with Crippen molar-refractivity contribution in [3.63, 3.8) is 0 Å². The van der Waals surface area contributed by atoms with Gasteiger partial charge in [-0.1, -0.05) is 12.1 Å². The summed E-state index contributed by atoms with van der Waals surface area (Å²) in [5, 5.41) is 6.69. The average Bonchev–Trinajstić information content (AvgIpc) is 3.00. The number of nitrogens with one attached hydrogen (secondary N) is 1. The van der Waals surface area contributed by atoms with Crippen LogP contribution in [0.15, 0.2) is 30.3 Å². The van der Waals surface area contributed by atoms with E-state index in [1.54, 1.807) is 18.9 Å². The second kappa shape index (κ2) is 9.69. The quantitative estimate of drug-likeness (QED) is 0.747. The molecule has 9 heteroatoms. The van der Waals surface area contributed by atoms with E-state index in [9.17, 15) is 18.4 Å². The van der Waals surface area contributed by atoms with Crippen LogP contribution in [0.2, 0.25) is 0 Å². The Labute approximate surface area is 174 Å². The monoisotopic (exact) mass is 420 g/mol. The molecule has 1 atom stereocenters. The highest BCUT2D eigenvalue weighted by Crippen LogP contribution is 2.19. The summed E-state index contributed by atoms with van der Waals surface area (Å²) < 4.78 is 32.0. The van der Waals surface area contributed by atoms with Crippen molar-refractivity contribution in [2.45, 2.75) is 51.7 Å². The summed E-state index contributed by atoms with van der Waals surface area (Å²) in [7, 11) is 1.60. The Balaban J connectivity index is 1.55. The van der Waals surface area contributed by atoms with Gasteiger partial charge in [0.25, 0.3) is 6.43 Å². The molecule has 1 N–H and O–H groups in total. The van der Waals surface area contributed by atoms with Crippen LogP contribution in [0.25, 0.3) is 0 Å². The highest BCUT2D eigenvalue weighted by Gasteiger charge is 2.24. The Morgan fingerprint density at radius 1 is 1.33 bits per heavy atom. The highest BCUT2D eigenvalue weighted by molar-refractivity contribution is 5.78. The maximum absolute atomic E-state index is 12.8. The van der Waals surface area contributed by atoms with Crippen LogP contribution in [0.1, 0.15) is 42.6 Å². The molecule has 1 fully saturated rings. The number of benzene rings is 1. The number of ether oxygens (including phenoxy) is 1. The van der Waals surface area contributed by atoms with E-state index in [0.717, 1.165) is 11.3 Å². The van der Waals surface area contributed by atoms with Crippen molar-refractivity contribution >= 4 is 11.8 Å². The number of methoxy groups -OCH3 is 1. The Morgan fingerprint density at radius 2 is 2.13 bits per heavy atom. The Hall–Kier alpha value is -2.97. The summed E-state index contributed by atoms with van der Waals surface area (Å²) in [5.41, 5.74) is 1.14. The first kappa shape index (κ1) is 21.7. The van der Waals surface area contributed by atoms with Crippen LogP contribution >= 0.6 is 0 Å². The number of aryl methyl sites for hydroxylation is 1. The first-order chi connectivity index (χ1) is 14.4. The first-order valence-corrected chi connectivity index (χ1v) is 9.88. The summed E-state index contributed by atoms with van der Waals surface area (Å²) in [4.78, 5) is 26.7. The van der Waals surface area contributed by atoms with E-state index >= 15 is 0 Å². The molecule has 2 amide bonds. The predicted molar refractivity (Wildman–Crippen MR) is 106 cm³/mol. The molecule has 7 nitrogen and oxygen atoms in total. The van der Waals surface area contributed by atoms with Crippen LogP contribution in [-0.2, 0) is 22.7 Å². The summed E-state index contributed by atoms with van der Waals surface area (Å²) in [6.45, 7) is 2.51. The van der Waals surface area contributed by atoms with Crippen molar-refractivity contribution in [1.29, 1.82) is 0 Å². The van der Waals surface area contributed by atoms with Crippen molar-refractivity contribution in [3.8, 4) is 5.75 Å². The molecule has 162 valence electrons. The molecule has 0 aliphatic carbocycles. The summed E-state index contributed by atoms with van der Waals surface area (Å²) in [6.07, 6.45) is -1.16. The number of hydrogen-bond acceptors (Lipinski definition) is 4. The molecule has 1 aromatic carbocycles. The number of carbonyl (C=O) groups excluding carboxylic acids is 2. The highest BCUT2D eigenvalue weighted by atomic mass is 19.3. The van der Waals surface area contributed by atoms with E-state index in [2.05, 4.69) is 10.4 Å². The van der Waals surface area contributed by atoms with Gasteiger partial charge in [-0.25, -0.2) is 8.78 Å². The van der Waals surface area contributed by atoms with Crippen LogP contribution in [0.5, 0.6) is 5.75 Å². The number of nitrogens with zero attached hydrogens (tertiary/aromatic N) is 3. The molecule has 2 aromatic rings. The van der Waals surface area contributed by atoms with Crippen molar-refractivity contribution in [3.05, 3.63) is 47.3 Å². The van der Waals surface area contributed by atoms with Crippen molar-refractivity contribution in [2.75, 3.05) is 13.7 Å². The van der Waals surface area contributed by atoms with E-state index in [0.29, 0.717) is 38.0 Å². The Bertz CT molecular complexity index is 900. The number of alkyl halides is 2. The lowest BCUT2D eigenvalue weighted by Crippen LogP contribution is -2.38. The van der Waals surface area contributed by atoms with E-state index in [4.69, 9.17) is 4.74 Å². The van der Waals surface area contributed by atoms with E-state index in [1.807, 2.05) is 24.3 Å². The van der Waals surface area contributed by atoms with Crippen LogP contribution in [0, 0.1) is 6.92 Å². The zero-order valence-electron chi connectivity index (χ0n) is 17.1. The van der Waals surface area contributed by atoms with Gasteiger partial charge in [0.1, 0.15) is 18.0 Å². The lowest BCUT2D eigenvalue weighted by atomic mass is 10.1. The van der Waals surface area contributed by atoms with Crippen LogP contribution in [0.4, 0.5) is 8.78 Å². The summed E-state index contributed by atoms with van der Waals surface area (Å²) in [6, 6.07) is 8.71. The van der Waals surface area contributed by atoms with Gasteiger partial charge in [0.05, 0.1) is 7.11 Å². The van der Waals surface area contributed by atoms with E-state index in [-0.39, 0.29) is 30.1 Å². The summed E-state index contributed by atoms with van der Waals surface area (Å²) in [5.74, 6) is 0.476. The fourth-order valence-electron chi connectivity index (χ4n) is 3.55. The lowest BCUT2D eigenvalue weighted by Gasteiger charge is -2.21. The lowest BCUT2D eigenvalue weighted by molar-refractivity contribution is -0.131. The molecule has 0 saturated carbocycles. The SMILES string of the molecule is COc1cccc(CN2CCC(NC(=O)Cn3nc(C(F)F)cc3C)CCC2=O)c1. The second-order valence-corrected chi connectivity index (χ2v) is 7.43. The van der Waals surface area contributed by atoms with Gasteiger partial charge in [0.2, 0.25) is 11.8 Å². The minimum atomic E-state index is -2.67. The summed E-state index contributed by atoms with van der Waals surface area (Å²) >= 11 is 0. The molecule has 0 radical (unpaired) electrons. The number of hydrogen-bond donors (Lipinski definition) is 1. The van der Waals surface area contributed by atoms with Gasteiger partial charge in [-0.15, -0.1) is 0 Å². The fourth-order valence-corrected chi connectivity index (χ4v) is 3.55. The zero-order valence-corrected chi connectivity index (χ0v) is 17.1. The smallest absolute Gasteiger partial charge is 0.282 e. The number of likely N-dealkylation sites (tertiary alicyclic amines) is 1. The Kier molecular flexibility index (Phi) is 7.02. The number of carbonyl (C=O) groups is 2. The number of halogens is 2. The molecule has 2 heterocycles. The van der Waals surface area contributed by atoms with Gasteiger partial charge < -0.3 is 15.0 Å². The molecule has 1 aliphatic rings. The Morgan fingerprint density at radius 3 is 2.83 bits per heavy atom. The van der Waals surface area contributed by atoms with Crippen molar-refractivity contribution in [2.24, 2.45) is 0 Å². The van der Waals surface area contributed by atoms with E-state index in [1.165, 1.54) is 10.7 Å². The van der Waals surface area contributed by atoms with Crippen LogP contribution < -0.4 is 10.1 Å². The number of rotatable bonds is 7. The van der Waals surface area contributed by atoms with Gasteiger partial charge >= 0.3 is 0 Å². The van der Waals surface area contributed by atoms with Crippen molar-refractivity contribution < 1.29 is 23.1 Å². The first-order valence-electron chi connectivity index (χ1n) is 9.88. The normalized spacial score (nSPS) is 17.2. The fraction of sp³-hybridized carbons (Fsp3) is 0.476. The van der Waals surface area contributed by atoms with Crippen LogP contribution in [0.3, 0.4) is 0 Å². The number of amides is 2. The maximum atomic E-state index is 12.8. The molecule has 0 spiro atoms.